The molecule has 0 bridgehead atoms. The smallest absolute Gasteiger partial charge is 0.199 e. The fraction of sp³-hybridized carbons (Fsp3) is 1.00. The topological polar surface area (TPSA) is 58.9 Å². The Morgan fingerprint density at radius 2 is 2.09 bits per heavy atom. The van der Waals surface area contributed by atoms with Crippen LogP contribution in [0, 0.1) is 0 Å². The molecule has 4 nitrogen and oxygen atoms in total. The molecule has 0 aromatic carbocycles. The number of thiol groups is 1. The van der Waals surface area contributed by atoms with Crippen molar-refractivity contribution in [1.29, 1.82) is 0 Å². The van der Waals surface area contributed by atoms with Gasteiger partial charge in [0.2, 0.25) is 0 Å². The van der Waals surface area contributed by atoms with Gasteiger partial charge in [0.05, 0.1) is 6.10 Å². The molecule has 5 heteroatoms. The van der Waals surface area contributed by atoms with E-state index in [9.17, 15) is 10.2 Å². The summed E-state index contributed by atoms with van der Waals surface area (Å²) in [7, 11) is 0. The SMILES string of the molecule is CC[C@@H]1O[C@@H](OS)C(O)C1O. The lowest BCUT2D eigenvalue weighted by atomic mass is 10.1. The fourth-order valence-electron chi connectivity index (χ4n) is 1.14. The van der Waals surface area contributed by atoms with E-state index in [0.29, 0.717) is 6.42 Å². The maximum atomic E-state index is 9.27. The van der Waals surface area contributed by atoms with E-state index >= 15 is 0 Å². The van der Waals surface area contributed by atoms with Crippen LogP contribution < -0.4 is 0 Å². The zero-order valence-corrected chi connectivity index (χ0v) is 7.07. The van der Waals surface area contributed by atoms with Gasteiger partial charge in [0.15, 0.2) is 6.29 Å². The fourth-order valence-corrected chi connectivity index (χ4v) is 1.31. The summed E-state index contributed by atoms with van der Waals surface area (Å²) in [5, 5.41) is 18.5. The Kier molecular flexibility index (Phi) is 3.15. The first kappa shape index (κ1) is 9.28. The van der Waals surface area contributed by atoms with Crippen LogP contribution in [0.5, 0.6) is 0 Å². The van der Waals surface area contributed by atoms with Gasteiger partial charge in [-0.3, -0.25) is 4.18 Å². The average molecular weight is 180 g/mol. The van der Waals surface area contributed by atoms with Gasteiger partial charge in [0.1, 0.15) is 12.2 Å². The third-order valence-corrected chi connectivity index (χ3v) is 2.03. The third-order valence-electron chi connectivity index (χ3n) is 1.82. The van der Waals surface area contributed by atoms with Crippen LogP contribution in [0.25, 0.3) is 0 Å². The van der Waals surface area contributed by atoms with Crippen LogP contribution in [0.1, 0.15) is 13.3 Å². The molecule has 1 aliphatic rings. The van der Waals surface area contributed by atoms with Crippen molar-refractivity contribution in [1.82, 2.24) is 0 Å². The van der Waals surface area contributed by atoms with Crippen molar-refractivity contribution in [3.05, 3.63) is 0 Å². The minimum absolute atomic E-state index is 0.345. The molecule has 2 unspecified atom stereocenters. The Bertz CT molecular complexity index is 114. The first-order valence-electron chi connectivity index (χ1n) is 3.52. The van der Waals surface area contributed by atoms with E-state index in [-0.39, 0.29) is 6.10 Å². The van der Waals surface area contributed by atoms with Crippen molar-refractivity contribution in [3.8, 4) is 0 Å². The summed E-state index contributed by atoms with van der Waals surface area (Å²) in [6.45, 7) is 1.86. The van der Waals surface area contributed by atoms with Crippen molar-refractivity contribution in [3.63, 3.8) is 0 Å². The predicted molar refractivity (Wildman–Crippen MR) is 41.0 cm³/mol. The van der Waals surface area contributed by atoms with Crippen molar-refractivity contribution < 1.29 is 19.1 Å². The normalized spacial score (nSPS) is 44.7. The Labute approximate surface area is 70.7 Å². The molecule has 1 saturated heterocycles. The van der Waals surface area contributed by atoms with E-state index < -0.39 is 18.5 Å². The number of aliphatic hydroxyl groups excluding tert-OH is 2. The zero-order chi connectivity index (χ0) is 8.43. The summed E-state index contributed by atoms with van der Waals surface area (Å²) in [4.78, 5) is 0. The minimum Gasteiger partial charge on any atom is -0.387 e. The molecule has 11 heavy (non-hydrogen) atoms. The second kappa shape index (κ2) is 3.73. The molecule has 0 radical (unpaired) electrons. The summed E-state index contributed by atoms with van der Waals surface area (Å²) < 4.78 is 9.57. The lowest BCUT2D eigenvalue weighted by Crippen LogP contribution is -2.32. The number of hydrogen-bond acceptors (Lipinski definition) is 5. The minimum atomic E-state index is -0.988. The molecule has 1 heterocycles. The largest absolute Gasteiger partial charge is 0.387 e. The highest BCUT2D eigenvalue weighted by atomic mass is 32.1. The summed E-state index contributed by atoms with van der Waals surface area (Å²) in [6, 6.07) is 0. The average Bonchev–Trinajstić information content (AvgIpc) is 2.30. The van der Waals surface area contributed by atoms with Crippen LogP contribution in [0.15, 0.2) is 0 Å². The molecule has 1 aliphatic heterocycles. The van der Waals surface area contributed by atoms with E-state index in [4.69, 9.17) is 4.74 Å². The maximum Gasteiger partial charge on any atom is 0.199 e. The van der Waals surface area contributed by atoms with Gasteiger partial charge in [-0.2, -0.15) is 0 Å². The number of rotatable bonds is 2. The molecular weight excluding hydrogens is 168 g/mol. The molecule has 0 saturated carbocycles. The molecule has 1 fully saturated rings. The molecule has 2 N–H and O–H groups in total. The van der Waals surface area contributed by atoms with E-state index in [1.54, 1.807) is 0 Å². The molecule has 0 amide bonds. The van der Waals surface area contributed by atoms with E-state index in [2.05, 4.69) is 17.1 Å². The zero-order valence-electron chi connectivity index (χ0n) is 6.17. The molecular formula is C6H12O4S. The van der Waals surface area contributed by atoms with Gasteiger partial charge in [-0.05, 0) is 19.3 Å². The van der Waals surface area contributed by atoms with Crippen LogP contribution in [-0.2, 0) is 8.92 Å². The maximum absolute atomic E-state index is 9.27. The van der Waals surface area contributed by atoms with Crippen molar-refractivity contribution in [2.45, 2.75) is 37.9 Å². The molecule has 0 aliphatic carbocycles. The summed E-state index contributed by atoms with van der Waals surface area (Å²) in [5.41, 5.74) is 0. The molecule has 0 aromatic rings. The monoisotopic (exact) mass is 180 g/mol. The van der Waals surface area contributed by atoms with Gasteiger partial charge in [0, 0.05) is 0 Å². The second-order valence-corrected chi connectivity index (χ2v) is 2.75. The quantitative estimate of drug-likeness (QED) is 0.403. The van der Waals surface area contributed by atoms with Crippen LogP contribution in [0.2, 0.25) is 0 Å². The van der Waals surface area contributed by atoms with Gasteiger partial charge in [-0.25, -0.2) is 0 Å². The van der Waals surface area contributed by atoms with Crippen molar-refractivity contribution in [2.75, 3.05) is 0 Å². The van der Waals surface area contributed by atoms with Gasteiger partial charge >= 0.3 is 0 Å². The van der Waals surface area contributed by atoms with Gasteiger partial charge in [-0.1, -0.05) is 6.92 Å². The standard InChI is InChI=1S/C6H12O4S/c1-2-3-4(7)5(8)6(9-3)10-11/h3-8,11H,2H2,1H3/t3-,4?,5?,6-/m0/s1. The summed E-state index contributed by atoms with van der Waals surface area (Å²) >= 11 is 3.50. The van der Waals surface area contributed by atoms with Crippen LogP contribution >= 0.6 is 12.9 Å². The van der Waals surface area contributed by atoms with Crippen molar-refractivity contribution >= 4 is 12.9 Å². The Balaban J connectivity index is 2.53. The highest BCUT2D eigenvalue weighted by Gasteiger charge is 2.42. The van der Waals surface area contributed by atoms with E-state index in [0.717, 1.165) is 0 Å². The lowest BCUT2D eigenvalue weighted by molar-refractivity contribution is -0.0985. The molecule has 66 valence electrons. The molecule has 1 rings (SSSR count). The van der Waals surface area contributed by atoms with Gasteiger partial charge < -0.3 is 14.9 Å². The van der Waals surface area contributed by atoms with Crippen LogP contribution in [0.3, 0.4) is 0 Å². The Morgan fingerprint density at radius 3 is 2.36 bits per heavy atom. The Hall–Kier alpha value is 0.190. The predicted octanol–water partition coefficient (Wildman–Crippen LogP) is -0.296. The number of hydrogen-bond donors (Lipinski definition) is 3. The molecule has 0 spiro atoms. The first-order chi connectivity index (χ1) is 5.20. The van der Waals surface area contributed by atoms with Crippen LogP contribution in [0.4, 0.5) is 0 Å². The van der Waals surface area contributed by atoms with Gasteiger partial charge in [0.25, 0.3) is 0 Å². The van der Waals surface area contributed by atoms with Crippen LogP contribution in [-0.4, -0.2) is 34.8 Å². The summed E-state index contributed by atoms with van der Waals surface area (Å²) in [6.07, 6.45) is -2.36. The molecule has 4 atom stereocenters. The van der Waals surface area contributed by atoms with Crippen molar-refractivity contribution in [2.24, 2.45) is 0 Å². The highest BCUT2D eigenvalue weighted by molar-refractivity contribution is 7.75. The molecule has 0 aromatic heterocycles. The number of aliphatic hydroxyl groups is 2. The Morgan fingerprint density at radius 1 is 1.45 bits per heavy atom. The lowest BCUT2D eigenvalue weighted by Gasteiger charge is -2.10. The highest BCUT2D eigenvalue weighted by Crippen LogP contribution is 2.24. The van der Waals surface area contributed by atoms with E-state index in [1.807, 2.05) is 6.92 Å². The summed E-state index contributed by atoms with van der Waals surface area (Å²) in [5.74, 6) is 0. The second-order valence-electron chi connectivity index (χ2n) is 2.54. The first-order valence-corrected chi connectivity index (χ1v) is 3.89. The van der Waals surface area contributed by atoms with Gasteiger partial charge in [-0.15, -0.1) is 0 Å². The third kappa shape index (κ3) is 1.68. The van der Waals surface area contributed by atoms with E-state index in [1.165, 1.54) is 0 Å². The number of ether oxygens (including phenoxy) is 1.